The van der Waals surface area contributed by atoms with Crippen LogP contribution in [-0.4, -0.2) is 35.5 Å². The van der Waals surface area contributed by atoms with Crippen molar-refractivity contribution in [2.45, 2.75) is 0 Å². The third-order valence-corrected chi connectivity index (χ3v) is 2.33. The lowest BCUT2D eigenvalue weighted by Gasteiger charge is -2.16. The number of aromatic nitrogens is 1. The van der Waals surface area contributed by atoms with E-state index in [0.29, 0.717) is 19.6 Å². The summed E-state index contributed by atoms with van der Waals surface area (Å²) < 4.78 is 0. The van der Waals surface area contributed by atoms with Crippen LogP contribution in [0.1, 0.15) is 0 Å². The highest BCUT2D eigenvalue weighted by molar-refractivity contribution is 5.94. The number of rotatable bonds is 2. The van der Waals surface area contributed by atoms with Gasteiger partial charge in [0.25, 0.3) is 0 Å². The number of hydrogen-bond donors (Lipinski definition) is 0. The van der Waals surface area contributed by atoms with Crippen LogP contribution in [0, 0.1) is 12.3 Å². The van der Waals surface area contributed by atoms with Crippen molar-refractivity contribution >= 4 is 11.7 Å². The molecular formula is C11H11N3O. The fourth-order valence-electron chi connectivity index (χ4n) is 1.59. The van der Waals surface area contributed by atoms with Crippen LogP contribution in [0.4, 0.5) is 10.5 Å². The number of urea groups is 1. The zero-order valence-electron chi connectivity index (χ0n) is 8.26. The summed E-state index contributed by atoms with van der Waals surface area (Å²) in [6.07, 6.45) is 8.54. The second-order valence-electron chi connectivity index (χ2n) is 3.27. The van der Waals surface area contributed by atoms with Crippen LogP contribution >= 0.6 is 0 Å². The van der Waals surface area contributed by atoms with Crippen molar-refractivity contribution in [2.75, 3.05) is 24.5 Å². The van der Waals surface area contributed by atoms with Gasteiger partial charge in [-0.2, -0.15) is 0 Å². The highest BCUT2D eigenvalue weighted by Gasteiger charge is 2.28. The van der Waals surface area contributed by atoms with Crippen LogP contribution < -0.4 is 4.90 Å². The summed E-state index contributed by atoms with van der Waals surface area (Å²) in [5.74, 6) is 2.47. The van der Waals surface area contributed by atoms with Gasteiger partial charge in [-0.15, -0.1) is 6.42 Å². The molecule has 76 valence electrons. The summed E-state index contributed by atoms with van der Waals surface area (Å²) in [6.45, 7) is 1.72. The quantitative estimate of drug-likeness (QED) is 0.668. The first-order chi connectivity index (χ1) is 7.33. The Bertz CT molecular complexity index is 396. The van der Waals surface area contributed by atoms with Crippen molar-refractivity contribution in [2.24, 2.45) is 0 Å². The first-order valence-corrected chi connectivity index (χ1v) is 4.73. The van der Waals surface area contributed by atoms with Gasteiger partial charge in [0.15, 0.2) is 0 Å². The Morgan fingerprint density at radius 3 is 3.07 bits per heavy atom. The van der Waals surface area contributed by atoms with E-state index in [-0.39, 0.29) is 6.03 Å². The van der Waals surface area contributed by atoms with E-state index in [2.05, 4.69) is 10.9 Å². The molecule has 2 rings (SSSR count). The third-order valence-electron chi connectivity index (χ3n) is 2.33. The van der Waals surface area contributed by atoms with Crippen LogP contribution in [0.5, 0.6) is 0 Å². The van der Waals surface area contributed by atoms with Crippen molar-refractivity contribution in [3.63, 3.8) is 0 Å². The normalized spacial score (nSPS) is 15.5. The lowest BCUT2D eigenvalue weighted by molar-refractivity contribution is 0.225. The van der Waals surface area contributed by atoms with Gasteiger partial charge in [-0.25, -0.2) is 4.79 Å². The molecule has 1 aliphatic rings. The average molecular weight is 201 g/mol. The van der Waals surface area contributed by atoms with E-state index in [4.69, 9.17) is 6.42 Å². The molecule has 1 saturated heterocycles. The Balaban J connectivity index is 2.15. The molecule has 0 unspecified atom stereocenters. The molecule has 0 saturated carbocycles. The van der Waals surface area contributed by atoms with Crippen molar-refractivity contribution in [3.05, 3.63) is 24.5 Å². The molecule has 2 amide bonds. The molecular weight excluding hydrogens is 190 g/mol. The number of pyridine rings is 1. The highest BCUT2D eigenvalue weighted by Crippen LogP contribution is 2.18. The van der Waals surface area contributed by atoms with Crippen molar-refractivity contribution in [1.82, 2.24) is 9.88 Å². The number of nitrogens with zero attached hydrogens (tertiary/aromatic N) is 3. The molecule has 1 fully saturated rings. The van der Waals surface area contributed by atoms with Gasteiger partial charge in [-0.3, -0.25) is 9.88 Å². The Kier molecular flexibility index (Phi) is 2.55. The number of terminal acetylenes is 1. The van der Waals surface area contributed by atoms with Crippen LogP contribution in [0.25, 0.3) is 0 Å². The van der Waals surface area contributed by atoms with E-state index in [1.54, 1.807) is 22.2 Å². The van der Waals surface area contributed by atoms with Gasteiger partial charge in [0.1, 0.15) is 0 Å². The Morgan fingerprint density at radius 2 is 2.40 bits per heavy atom. The number of amides is 2. The molecule has 0 spiro atoms. The van der Waals surface area contributed by atoms with E-state index in [9.17, 15) is 4.79 Å². The van der Waals surface area contributed by atoms with E-state index in [1.165, 1.54) is 0 Å². The summed E-state index contributed by atoms with van der Waals surface area (Å²) in [5, 5.41) is 0. The van der Waals surface area contributed by atoms with E-state index >= 15 is 0 Å². The maximum atomic E-state index is 11.8. The minimum Gasteiger partial charge on any atom is -0.311 e. The SMILES string of the molecule is C#CCN1CCN(c2cccnc2)C1=O. The first kappa shape index (κ1) is 9.53. The fraction of sp³-hybridized carbons (Fsp3) is 0.273. The van der Waals surface area contributed by atoms with Gasteiger partial charge in [0.05, 0.1) is 18.4 Å². The molecule has 1 aromatic heterocycles. The molecule has 0 N–H and O–H groups in total. The molecule has 1 aliphatic heterocycles. The molecule has 0 aromatic carbocycles. The average Bonchev–Trinajstić information content (AvgIpc) is 2.63. The molecule has 0 atom stereocenters. The van der Waals surface area contributed by atoms with Gasteiger partial charge < -0.3 is 4.90 Å². The summed E-state index contributed by atoms with van der Waals surface area (Å²) in [6, 6.07) is 3.64. The van der Waals surface area contributed by atoms with Crippen molar-refractivity contribution in [3.8, 4) is 12.3 Å². The smallest absolute Gasteiger partial charge is 0.311 e. The van der Waals surface area contributed by atoms with E-state index in [1.807, 2.05) is 12.1 Å². The van der Waals surface area contributed by atoms with Gasteiger partial charge >= 0.3 is 6.03 Å². The van der Waals surface area contributed by atoms with Crippen LogP contribution in [0.15, 0.2) is 24.5 Å². The maximum Gasteiger partial charge on any atom is 0.325 e. The van der Waals surface area contributed by atoms with E-state index in [0.717, 1.165) is 5.69 Å². The van der Waals surface area contributed by atoms with Crippen LogP contribution in [0.3, 0.4) is 0 Å². The van der Waals surface area contributed by atoms with Gasteiger partial charge in [0.2, 0.25) is 0 Å². The van der Waals surface area contributed by atoms with Crippen LogP contribution in [0.2, 0.25) is 0 Å². The maximum absolute atomic E-state index is 11.8. The topological polar surface area (TPSA) is 36.4 Å². The zero-order chi connectivity index (χ0) is 10.7. The monoisotopic (exact) mass is 201 g/mol. The lowest BCUT2D eigenvalue weighted by atomic mass is 10.4. The van der Waals surface area contributed by atoms with Gasteiger partial charge in [-0.1, -0.05) is 5.92 Å². The van der Waals surface area contributed by atoms with Crippen molar-refractivity contribution in [1.29, 1.82) is 0 Å². The minimum absolute atomic E-state index is 0.0408. The Morgan fingerprint density at radius 1 is 1.53 bits per heavy atom. The molecule has 4 nitrogen and oxygen atoms in total. The number of hydrogen-bond acceptors (Lipinski definition) is 2. The zero-order valence-corrected chi connectivity index (χ0v) is 8.26. The largest absolute Gasteiger partial charge is 0.325 e. The number of carbonyl (C=O) groups excluding carboxylic acids is 1. The molecule has 2 heterocycles. The Labute approximate surface area is 88.5 Å². The van der Waals surface area contributed by atoms with Gasteiger partial charge in [-0.05, 0) is 12.1 Å². The Hall–Kier alpha value is -2.02. The van der Waals surface area contributed by atoms with Crippen LogP contribution in [-0.2, 0) is 0 Å². The predicted molar refractivity (Wildman–Crippen MR) is 57.4 cm³/mol. The highest BCUT2D eigenvalue weighted by atomic mass is 16.2. The fourth-order valence-corrected chi connectivity index (χ4v) is 1.59. The molecule has 15 heavy (non-hydrogen) atoms. The van der Waals surface area contributed by atoms with Crippen molar-refractivity contribution < 1.29 is 4.79 Å². The summed E-state index contributed by atoms with van der Waals surface area (Å²) >= 11 is 0. The molecule has 0 aliphatic carbocycles. The molecule has 0 bridgehead atoms. The van der Waals surface area contributed by atoms with Gasteiger partial charge in [0, 0.05) is 19.3 Å². The second kappa shape index (κ2) is 4.01. The second-order valence-corrected chi connectivity index (χ2v) is 3.27. The minimum atomic E-state index is -0.0408. The predicted octanol–water partition coefficient (Wildman–Crippen LogP) is 0.957. The van der Waals surface area contributed by atoms with E-state index < -0.39 is 0 Å². The summed E-state index contributed by atoms with van der Waals surface area (Å²) in [4.78, 5) is 19.1. The summed E-state index contributed by atoms with van der Waals surface area (Å²) in [5.41, 5.74) is 0.821. The summed E-state index contributed by atoms with van der Waals surface area (Å²) in [7, 11) is 0. The third kappa shape index (κ3) is 1.77. The first-order valence-electron chi connectivity index (χ1n) is 4.73. The number of anilines is 1. The number of carbonyl (C=O) groups is 1. The standard InChI is InChI=1S/C11H11N3O/c1-2-6-13-7-8-14(11(13)15)10-4-3-5-12-9-10/h1,3-5,9H,6-8H2. The molecule has 0 radical (unpaired) electrons. The molecule has 1 aromatic rings. The lowest BCUT2D eigenvalue weighted by Crippen LogP contribution is -2.31. The molecule has 4 heteroatoms.